The Balaban J connectivity index is 2.04. The molecule has 0 saturated carbocycles. The molecule has 2 aromatic rings. The van der Waals surface area contributed by atoms with Crippen LogP contribution in [0.4, 0.5) is 11.4 Å². The number of benzene rings is 2. The Kier molecular flexibility index (Phi) is 6.51. The number of nitrogens with one attached hydrogen (secondary N) is 1. The molecule has 0 bridgehead atoms. The van der Waals surface area contributed by atoms with Crippen LogP contribution in [0.2, 0.25) is 5.02 Å². The number of ether oxygens (including phenoxy) is 2. The van der Waals surface area contributed by atoms with Gasteiger partial charge in [-0.3, -0.25) is 19.2 Å². The van der Waals surface area contributed by atoms with Crippen LogP contribution in [0.5, 0.6) is 5.75 Å². The molecule has 0 aliphatic carbocycles. The normalized spacial score (nSPS) is 14.4. The molecule has 1 saturated heterocycles. The molecule has 0 unspecified atom stereocenters. The van der Waals surface area contributed by atoms with Crippen molar-refractivity contribution >= 4 is 50.8 Å². The van der Waals surface area contributed by atoms with Crippen LogP contribution >= 0.6 is 11.6 Å². The highest BCUT2D eigenvalue weighted by Crippen LogP contribution is 2.33. The van der Waals surface area contributed by atoms with Crippen molar-refractivity contribution in [2.24, 2.45) is 0 Å². The fourth-order valence-electron chi connectivity index (χ4n) is 3.10. The Hall–Kier alpha value is -3.11. The lowest BCUT2D eigenvalue weighted by Crippen LogP contribution is -2.40. The Morgan fingerprint density at radius 1 is 1.06 bits per heavy atom. The van der Waals surface area contributed by atoms with Gasteiger partial charge in [0.1, 0.15) is 10.6 Å². The molecule has 31 heavy (non-hydrogen) atoms. The quantitative estimate of drug-likeness (QED) is 0.513. The standard InChI is InChI=1S/C20H19ClN2O7S/c1-29-16-9-7-13(23-18(24)4-3-5-19(23)25)11-17(16)31(27,28)22-15-10-12(20(26)30-2)6-8-14(15)21/h6-11,22H,3-5H2,1-2H3. The molecule has 3 rings (SSSR count). The lowest BCUT2D eigenvalue weighted by Gasteiger charge is -2.25. The second-order valence-electron chi connectivity index (χ2n) is 6.60. The summed E-state index contributed by atoms with van der Waals surface area (Å²) in [7, 11) is -1.80. The van der Waals surface area contributed by atoms with E-state index >= 15 is 0 Å². The number of hydrogen-bond acceptors (Lipinski definition) is 7. The lowest BCUT2D eigenvalue weighted by molar-refractivity contribution is -0.129. The Bertz CT molecular complexity index is 1150. The summed E-state index contributed by atoms with van der Waals surface area (Å²) in [5.74, 6) is -1.50. The summed E-state index contributed by atoms with van der Waals surface area (Å²) in [5.41, 5.74) is 0.155. The van der Waals surface area contributed by atoms with E-state index in [9.17, 15) is 22.8 Å². The van der Waals surface area contributed by atoms with E-state index in [0.717, 1.165) is 4.90 Å². The molecule has 1 N–H and O–H groups in total. The van der Waals surface area contributed by atoms with Gasteiger partial charge < -0.3 is 9.47 Å². The molecule has 164 valence electrons. The zero-order valence-corrected chi connectivity index (χ0v) is 18.2. The van der Waals surface area contributed by atoms with E-state index in [1.54, 1.807) is 0 Å². The molecule has 1 aliphatic rings. The number of sulfonamides is 1. The van der Waals surface area contributed by atoms with Crippen LogP contribution in [0.1, 0.15) is 29.6 Å². The van der Waals surface area contributed by atoms with Gasteiger partial charge in [0.2, 0.25) is 11.8 Å². The van der Waals surface area contributed by atoms with Crippen LogP contribution in [-0.4, -0.2) is 40.4 Å². The summed E-state index contributed by atoms with van der Waals surface area (Å²) in [5, 5.41) is 0.0488. The molecule has 1 heterocycles. The number of nitrogens with zero attached hydrogens (tertiary/aromatic N) is 1. The number of carbonyl (C=O) groups is 3. The van der Waals surface area contributed by atoms with E-state index < -0.39 is 27.8 Å². The van der Waals surface area contributed by atoms with Crippen molar-refractivity contribution in [3.05, 3.63) is 47.0 Å². The highest BCUT2D eigenvalue weighted by atomic mass is 35.5. The Morgan fingerprint density at radius 2 is 1.74 bits per heavy atom. The number of anilines is 2. The molecular weight excluding hydrogens is 448 g/mol. The number of piperidine rings is 1. The average molecular weight is 467 g/mol. The van der Waals surface area contributed by atoms with Gasteiger partial charge in [-0.05, 0) is 42.8 Å². The van der Waals surface area contributed by atoms with Gasteiger partial charge in [0, 0.05) is 12.8 Å². The topological polar surface area (TPSA) is 119 Å². The van der Waals surface area contributed by atoms with Gasteiger partial charge in [0.15, 0.2) is 0 Å². The Labute approximate surface area is 183 Å². The zero-order valence-electron chi connectivity index (χ0n) is 16.7. The van der Waals surface area contributed by atoms with Crippen molar-refractivity contribution in [2.75, 3.05) is 23.8 Å². The van der Waals surface area contributed by atoms with Gasteiger partial charge in [-0.1, -0.05) is 11.6 Å². The molecule has 1 aliphatic heterocycles. The number of esters is 1. The molecular formula is C20H19ClN2O7S. The first-order valence-corrected chi connectivity index (χ1v) is 11.0. The zero-order chi connectivity index (χ0) is 22.8. The van der Waals surface area contributed by atoms with E-state index in [1.165, 1.54) is 50.6 Å². The van der Waals surface area contributed by atoms with Crippen molar-refractivity contribution < 1.29 is 32.3 Å². The van der Waals surface area contributed by atoms with Gasteiger partial charge in [0.05, 0.1) is 36.2 Å². The van der Waals surface area contributed by atoms with Gasteiger partial charge in [-0.25, -0.2) is 13.2 Å². The number of amides is 2. The number of methoxy groups -OCH3 is 2. The van der Waals surface area contributed by atoms with Crippen molar-refractivity contribution in [3.8, 4) is 5.75 Å². The molecule has 0 atom stereocenters. The minimum atomic E-state index is -4.28. The van der Waals surface area contributed by atoms with Crippen LogP contribution in [-0.2, 0) is 24.3 Å². The van der Waals surface area contributed by atoms with Crippen LogP contribution in [0.25, 0.3) is 0 Å². The largest absolute Gasteiger partial charge is 0.495 e. The van der Waals surface area contributed by atoms with Gasteiger partial charge >= 0.3 is 5.97 Å². The second kappa shape index (κ2) is 8.94. The van der Waals surface area contributed by atoms with Crippen LogP contribution in [0, 0.1) is 0 Å². The van der Waals surface area contributed by atoms with E-state index in [2.05, 4.69) is 9.46 Å². The van der Waals surface area contributed by atoms with Crippen LogP contribution in [0.15, 0.2) is 41.3 Å². The maximum atomic E-state index is 13.1. The number of halogens is 1. The van der Waals surface area contributed by atoms with E-state index in [-0.39, 0.29) is 45.4 Å². The molecule has 9 nitrogen and oxygen atoms in total. The fourth-order valence-corrected chi connectivity index (χ4v) is 4.59. The van der Waals surface area contributed by atoms with Gasteiger partial charge in [-0.2, -0.15) is 0 Å². The summed E-state index contributed by atoms with van der Waals surface area (Å²) in [4.78, 5) is 36.9. The molecule has 2 amide bonds. The van der Waals surface area contributed by atoms with E-state index in [0.29, 0.717) is 6.42 Å². The average Bonchev–Trinajstić information content (AvgIpc) is 2.74. The summed E-state index contributed by atoms with van der Waals surface area (Å²) in [6.07, 6.45) is 0.828. The second-order valence-corrected chi connectivity index (χ2v) is 8.66. The maximum Gasteiger partial charge on any atom is 0.337 e. The minimum Gasteiger partial charge on any atom is -0.495 e. The monoisotopic (exact) mass is 466 g/mol. The van der Waals surface area contributed by atoms with Crippen molar-refractivity contribution in [1.29, 1.82) is 0 Å². The number of rotatable bonds is 6. The van der Waals surface area contributed by atoms with E-state index in [4.69, 9.17) is 16.3 Å². The summed E-state index contributed by atoms with van der Waals surface area (Å²) >= 11 is 6.09. The smallest absolute Gasteiger partial charge is 0.337 e. The first kappa shape index (κ1) is 22.6. The predicted molar refractivity (Wildman–Crippen MR) is 113 cm³/mol. The molecule has 0 spiro atoms. The molecule has 0 aromatic heterocycles. The molecule has 2 aromatic carbocycles. The van der Waals surface area contributed by atoms with Gasteiger partial charge in [-0.15, -0.1) is 0 Å². The fraction of sp³-hybridized carbons (Fsp3) is 0.250. The summed E-state index contributed by atoms with van der Waals surface area (Å²) in [6.45, 7) is 0. The third-order valence-electron chi connectivity index (χ3n) is 4.61. The minimum absolute atomic E-state index is 0.00611. The maximum absolute atomic E-state index is 13.1. The van der Waals surface area contributed by atoms with Gasteiger partial charge in [0.25, 0.3) is 10.0 Å². The van der Waals surface area contributed by atoms with Crippen molar-refractivity contribution in [2.45, 2.75) is 24.2 Å². The first-order valence-electron chi connectivity index (χ1n) is 9.12. The highest BCUT2D eigenvalue weighted by Gasteiger charge is 2.30. The van der Waals surface area contributed by atoms with Crippen molar-refractivity contribution in [3.63, 3.8) is 0 Å². The van der Waals surface area contributed by atoms with Crippen LogP contribution in [0.3, 0.4) is 0 Å². The van der Waals surface area contributed by atoms with E-state index in [1.807, 2.05) is 0 Å². The molecule has 11 heteroatoms. The third-order valence-corrected chi connectivity index (χ3v) is 6.32. The lowest BCUT2D eigenvalue weighted by atomic mass is 10.1. The SMILES string of the molecule is COC(=O)c1ccc(Cl)c(NS(=O)(=O)c2cc(N3C(=O)CCCC3=O)ccc2OC)c1. The summed E-state index contributed by atoms with van der Waals surface area (Å²) < 4.78 is 38.4. The highest BCUT2D eigenvalue weighted by molar-refractivity contribution is 7.92. The molecule has 0 radical (unpaired) electrons. The Morgan fingerprint density at radius 3 is 2.35 bits per heavy atom. The number of imide groups is 1. The van der Waals surface area contributed by atoms with Crippen molar-refractivity contribution in [1.82, 2.24) is 0 Å². The summed E-state index contributed by atoms with van der Waals surface area (Å²) in [6, 6.07) is 7.95. The predicted octanol–water partition coefficient (Wildman–Crippen LogP) is 2.98. The first-order chi connectivity index (χ1) is 14.7. The number of carbonyl (C=O) groups excluding carboxylic acids is 3. The third kappa shape index (κ3) is 4.64. The van der Waals surface area contributed by atoms with Crippen LogP contribution < -0.4 is 14.4 Å². The number of hydrogen-bond donors (Lipinski definition) is 1. The molecule has 1 fully saturated rings.